The summed E-state index contributed by atoms with van der Waals surface area (Å²) in [6, 6.07) is 4.86. The van der Waals surface area contributed by atoms with Gasteiger partial charge < -0.3 is 15.8 Å². The second kappa shape index (κ2) is 11.1. The van der Waals surface area contributed by atoms with E-state index in [4.69, 9.17) is 10.5 Å². The molecule has 0 radical (unpaired) electrons. The molecule has 4 nitrogen and oxygen atoms in total. The van der Waals surface area contributed by atoms with Crippen molar-refractivity contribution in [3.05, 3.63) is 35.1 Å². The minimum absolute atomic E-state index is 0. The summed E-state index contributed by atoms with van der Waals surface area (Å²) in [4.78, 5) is 4.29. The Labute approximate surface area is 147 Å². The lowest BCUT2D eigenvalue weighted by Gasteiger charge is -2.13. The van der Waals surface area contributed by atoms with Gasteiger partial charge in [0.1, 0.15) is 5.82 Å². The first-order chi connectivity index (χ1) is 9.56. The van der Waals surface area contributed by atoms with Crippen LogP contribution in [0.2, 0.25) is 0 Å². The molecule has 0 bridgehead atoms. The Hall–Kier alpha value is -0.540. The Balaban J connectivity index is 0.00000400. The first kappa shape index (κ1) is 20.5. The number of rotatable bonds is 7. The molecule has 21 heavy (non-hydrogen) atoms. The number of hydrogen-bond donors (Lipinski definition) is 2. The summed E-state index contributed by atoms with van der Waals surface area (Å²) in [6.07, 6.45) is 1.99. The monoisotopic (exact) mass is 427 g/mol. The summed E-state index contributed by atoms with van der Waals surface area (Å²) >= 11 is 1.65. The number of ether oxygens (including phenoxy) is 1. The van der Waals surface area contributed by atoms with Crippen LogP contribution in [0.4, 0.5) is 4.39 Å². The van der Waals surface area contributed by atoms with Gasteiger partial charge in [-0.15, -0.1) is 24.0 Å². The third kappa shape index (κ3) is 7.87. The van der Waals surface area contributed by atoms with E-state index < -0.39 is 0 Å². The molecule has 1 rings (SSSR count). The van der Waals surface area contributed by atoms with E-state index in [1.807, 2.05) is 13.2 Å². The van der Waals surface area contributed by atoms with Gasteiger partial charge in [0.05, 0.1) is 13.2 Å². The highest BCUT2D eigenvalue weighted by Crippen LogP contribution is 2.17. The van der Waals surface area contributed by atoms with Gasteiger partial charge in [0, 0.05) is 18.9 Å². The van der Waals surface area contributed by atoms with Crippen molar-refractivity contribution in [2.24, 2.45) is 10.7 Å². The van der Waals surface area contributed by atoms with Crippen molar-refractivity contribution in [2.45, 2.75) is 25.3 Å². The van der Waals surface area contributed by atoms with Crippen LogP contribution in [0.1, 0.15) is 18.1 Å². The highest BCUT2D eigenvalue weighted by atomic mass is 127. The van der Waals surface area contributed by atoms with Gasteiger partial charge in [-0.1, -0.05) is 6.07 Å². The van der Waals surface area contributed by atoms with Crippen molar-refractivity contribution in [2.75, 3.05) is 20.0 Å². The second-order valence-corrected chi connectivity index (χ2v) is 5.41. The van der Waals surface area contributed by atoms with Gasteiger partial charge in [-0.2, -0.15) is 11.8 Å². The molecule has 0 aliphatic heterocycles. The molecule has 1 unspecified atom stereocenters. The molecule has 1 aromatic carbocycles. The number of methoxy groups -OCH3 is 1. The Morgan fingerprint density at radius 2 is 2.19 bits per heavy atom. The van der Waals surface area contributed by atoms with E-state index in [9.17, 15) is 4.39 Å². The number of thioether (sulfide) groups is 1. The molecule has 0 spiro atoms. The summed E-state index contributed by atoms with van der Waals surface area (Å²) < 4.78 is 18.2. The van der Waals surface area contributed by atoms with Crippen LogP contribution in [-0.2, 0) is 17.0 Å². The van der Waals surface area contributed by atoms with E-state index in [0.29, 0.717) is 19.1 Å². The van der Waals surface area contributed by atoms with Crippen LogP contribution in [0.25, 0.3) is 0 Å². The quantitative estimate of drug-likeness (QED) is 0.399. The van der Waals surface area contributed by atoms with Crippen molar-refractivity contribution < 1.29 is 9.13 Å². The topological polar surface area (TPSA) is 59.6 Å². The van der Waals surface area contributed by atoms with Crippen LogP contribution in [0.15, 0.2) is 23.2 Å². The summed E-state index contributed by atoms with van der Waals surface area (Å²) in [7, 11) is 1.64. The van der Waals surface area contributed by atoms with Gasteiger partial charge in [0.25, 0.3) is 0 Å². The SMILES string of the molecule is COCC(C)NC(N)=NCc1ccc(F)cc1CSC.I. The predicted octanol–water partition coefficient (Wildman–Crippen LogP) is 2.75. The molecular weight excluding hydrogens is 404 g/mol. The van der Waals surface area contributed by atoms with Crippen LogP contribution in [-0.4, -0.2) is 32.0 Å². The van der Waals surface area contributed by atoms with Gasteiger partial charge >= 0.3 is 0 Å². The molecule has 0 aromatic heterocycles. The van der Waals surface area contributed by atoms with E-state index >= 15 is 0 Å². The molecule has 0 heterocycles. The maximum atomic E-state index is 13.2. The lowest BCUT2D eigenvalue weighted by atomic mass is 10.1. The van der Waals surface area contributed by atoms with Crippen LogP contribution < -0.4 is 11.1 Å². The maximum absolute atomic E-state index is 13.2. The summed E-state index contributed by atoms with van der Waals surface area (Å²) in [6.45, 7) is 2.96. The van der Waals surface area contributed by atoms with Crippen molar-refractivity contribution in [1.29, 1.82) is 0 Å². The zero-order valence-corrected chi connectivity index (χ0v) is 15.7. The largest absolute Gasteiger partial charge is 0.383 e. The molecule has 0 aliphatic carbocycles. The van der Waals surface area contributed by atoms with Crippen LogP contribution in [0.5, 0.6) is 0 Å². The molecule has 1 aromatic rings. The minimum atomic E-state index is -0.221. The van der Waals surface area contributed by atoms with Gasteiger partial charge in [-0.3, -0.25) is 0 Å². The van der Waals surface area contributed by atoms with E-state index in [2.05, 4.69) is 10.3 Å². The van der Waals surface area contributed by atoms with E-state index in [-0.39, 0.29) is 35.8 Å². The molecule has 7 heteroatoms. The first-order valence-corrected chi connectivity index (χ1v) is 7.77. The number of guanidine groups is 1. The van der Waals surface area contributed by atoms with Gasteiger partial charge in [0.2, 0.25) is 0 Å². The number of hydrogen-bond acceptors (Lipinski definition) is 3. The third-order valence-electron chi connectivity index (χ3n) is 2.70. The maximum Gasteiger partial charge on any atom is 0.189 e. The highest BCUT2D eigenvalue weighted by molar-refractivity contribution is 14.0. The number of nitrogens with two attached hydrogens (primary N) is 1. The Morgan fingerprint density at radius 1 is 1.48 bits per heavy atom. The molecule has 0 aliphatic rings. The van der Waals surface area contributed by atoms with Crippen molar-refractivity contribution in [3.8, 4) is 0 Å². The molecule has 0 saturated heterocycles. The van der Waals surface area contributed by atoms with Gasteiger partial charge in [0.15, 0.2) is 5.96 Å². The van der Waals surface area contributed by atoms with Crippen molar-refractivity contribution >= 4 is 41.7 Å². The van der Waals surface area contributed by atoms with E-state index in [0.717, 1.165) is 16.9 Å². The van der Waals surface area contributed by atoms with Crippen molar-refractivity contribution in [1.82, 2.24) is 5.32 Å². The van der Waals surface area contributed by atoms with E-state index in [1.165, 1.54) is 6.07 Å². The van der Waals surface area contributed by atoms with Crippen LogP contribution in [0.3, 0.4) is 0 Å². The standard InChI is InChI=1S/C14H22FN3OS.HI/c1-10(8-19-2)18-14(16)17-7-11-4-5-13(15)6-12(11)9-20-3;/h4-6,10H,7-9H2,1-3H3,(H3,16,17,18);1H. The van der Waals surface area contributed by atoms with Gasteiger partial charge in [-0.25, -0.2) is 9.38 Å². The number of halogens is 2. The zero-order chi connectivity index (χ0) is 15.0. The highest BCUT2D eigenvalue weighted by Gasteiger charge is 2.05. The lowest BCUT2D eigenvalue weighted by molar-refractivity contribution is 0.179. The zero-order valence-electron chi connectivity index (χ0n) is 12.6. The third-order valence-corrected chi connectivity index (χ3v) is 3.30. The first-order valence-electron chi connectivity index (χ1n) is 6.38. The van der Waals surface area contributed by atoms with Gasteiger partial charge in [-0.05, 0) is 36.4 Å². The fourth-order valence-corrected chi connectivity index (χ4v) is 2.38. The van der Waals surface area contributed by atoms with Crippen molar-refractivity contribution in [3.63, 3.8) is 0 Å². The normalized spacial score (nSPS) is 12.7. The number of benzene rings is 1. The molecule has 3 N–H and O–H groups in total. The molecule has 0 amide bonds. The number of aliphatic imine (C=N–C) groups is 1. The average molecular weight is 427 g/mol. The average Bonchev–Trinajstić information content (AvgIpc) is 2.38. The molecule has 120 valence electrons. The predicted molar refractivity (Wildman–Crippen MR) is 98.8 cm³/mol. The molecule has 1 atom stereocenters. The smallest absolute Gasteiger partial charge is 0.189 e. The lowest BCUT2D eigenvalue weighted by Crippen LogP contribution is -2.40. The summed E-state index contributed by atoms with van der Waals surface area (Å²) in [5.41, 5.74) is 7.76. The number of nitrogens with one attached hydrogen (secondary N) is 1. The number of nitrogens with zero attached hydrogens (tertiary/aromatic N) is 1. The molecule has 0 fully saturated rings. The molecule has 0 saturated carbocycles. The van der Waals surface area contributed by atoms with Crippen LogP contribution >= 0.6 is 35.7 Å². The summed E-state index contributed by atoms with van der Waals surface area (Å²) in [5, 5.41) is 3.04. The Bertz CT molecular complexity index is 460. The second-order valence-electron chi connectivity index (χ2n) is 4.55. The van der Waals surface area contributed by atoms with E-state index in [1.54, 1.807) is 31.0 Å². The summed E-state index contributed by atoms with van der Waals surface area (Å²) in [5.74, 6) is 0.909. The molecular formula is C14H23FIN3OS. The Kier molecular flexibility index (Phi) is 10.8. The minimum Gasteiger partial charge on any atom is -0.383 e. The fraction of sp³-hybridized carbons (Fsp3) is 0.500. The fourth-order valence-electron chi connectivity index (χ4n) is 1.80. The van der Waals surface area contributed by atoms with Crippen LogP contribution in [0, 0.1) is 5.82 Å². The Morgan fingerprint density at radius 3 is 2.81 bits per heavy atom.